The van der Waals surface area contributed by atoms with Crippen LogP contribution in [-0.4, -0.2) is 18.0 Å². The van der Waals surface area contributed by atoms with Crippen molar-refractivity contribution >= 4 is 19.7 Å². The van der Waals surface area contributed by atoms with Gasteiger partial charge in [-0.3, -0.25) is 14.3 Å². The van der Waals surface area contributed by atoms with Crippen LogP contribution in [0.5, 0.6) is 0 Å². The van der Waals surface area contributed by atoms with E-state index in [9.17, 15) is 18.0 Å². The molecular formula is C12H8ClN3O4S. The lowest BCUT2D eigenvalue weighted by Gasteiger charge is -2.06. The standard InChI is InChI=1S/C12H8ClN3O4S/c13-21(19,20)10-7-16(12(18)15-11(10)17)6-9-3-1-2-8(4-9)5-14/h1-4,7H,6H2,(H,15,17,18). The third kappa shape index (κ3) is 3.39. The van der Waals surface area contributed by atoms with Crippen LogP contribution >= 0.6 is 10.7 Å². The van der Waals surface area contributed by atoms with Gasteiger partial charge in [0.2, 0.25) is 0 Å². The second kappa shape index (κ2) is 5.55. The highest BCUT2D eigenvalue weighted by Crippen LogP contribution is 2.09. The molecule has 1 aromatic carbocycles. The number of benzene rings is 1. The summed E-state index contributed by atoms with van der Waals surface area (Å²) < 4.78 is 23.5. The lowest BCUT2D eigenvalue weighted by Crippen LogP contribution is -2.32. The molecule has 108 valence electrons. The number of hydrogen-bond acceptors (Lipinski definition) is 5. The van der Waals surface area contributed by atoms with Gasteiger partial charge in [-0.25, -0.2) is 13.2 Å². The van der Waals surface area contributed by atoms with Crippen molar-refractivity contribution in [3.8, 4) is 6.07 Å². The molecule has 0 saturated heterocycles. The topological polar surface area (TPSA) is 113 Å². The van der Waals surface area contributed by atoms with Gasteiger partial charge in [0.1, 0.15) is 0 Å². The maximum atomic E-state index is 11.7. The van der Waals surface area contributed by atoms with Crippen molar-refractivity contribution in [3.63, 3.8) is 0 Å². The Morgan fingerprint density at radius 2 is 2.05 bits per heavy atom. The van der Waals surface area contributed by atoms with E-state index in [-0.39, 0.29) is 6.54 Å². The van der Waals surface area contributed by atoms with E-state index >= 15 is 0 Å². The van der Waals surface area contributed by atoms with E-state index in [4.69, 9.17) is 15.9 Å². The first kappa shape index (κ1) is 15.0. The van der Waals surface area contributed by atoms with Crippen molar-refractivity contribution < 1.29 is 8.42 Å². The van der Waals surface area contributed by atoms with Gasteiger partial charge in [0.05, 0.1) is 18.2 Å². The van der Waals surface area contributed by atoms with Crippen LogP contribution in [0.3, 0.4) is 0 Å². The minimum atomic E-state index is -4.26. The van der Waals surface area contributed by atoms with Gasteiger partial charge in [-0.2, -0.15) is 5.26 Å². The van der Waals surface area contributed by atoms with Crippen molar-refractivity contribution in [1.82, 2.24) is 9.55 Å². The van der Waals surface area contributed by atoms with Crippen molar-refractivity contribution in [2.45, 2.75) is 11.4 Å². The minimum Gasteiger partial charge on any atom is -0.295 e. The van der Waals surface area contributed by atoms with Crippen LogP contribution in [-0.2, 0) is 15.6 Å². The normalized spacial score (nSPS) is 11.0. The van der Waals surface area contributed by atoms with Crippen LogP contribution in [0.15, 0.2) is 44.9 Å². The molecule has 0 aliphatic heterocycles. The van der Waals surface area contributed by atoms with Crippen molar-refractivity contribution in [2.75, 3.05) is 0 Å². The molecule has 0 unspecified atom stereocenters. The monoisotopic (exact) mass is 325 g/mol. The third-order valence-electron chi connectivity index (χ3n) is 2.65. The zero-order valence-electron chi connectivity index (χ0n) is 10.4. The predicted octanol–water partition coefficient (Wildman–Crippen LogP) is 0.384. The minimum absolute atomic E-state index is 0.00938. The Bertz CT molecular complexity index is 953. The number of nitrogens with one attached hydrogen (secondary N) is 1. The van der Waals surface area contributed by atoms with Gasteiger partial charge >= 0.3 is 5.69 Å². The molecule has 1 aromatic heterocycles. The summed E-state index contributed by atoms with van der Waals surface area (Å²) >= 11 is 0. The van der Waals surface area contributed by atoms with Gasteiger partial charge in [-0.05, 0) is 17.7 Å². The SMILES string of the molecule is N#Cc1cccc(Cn2cc(S(=O)(=O)Cl)c(=O)[nH]c2=O)c1. The summed E-state index contributed by atoms with van der Waals surface area (Å²) in [6.45, 7) is -0.00938. The predicted molar refractivity (Wildman–Crippen MR) is 74.6 cm³/mol. The summed E-state index contributed by atoms with van der Waals surface area (Å²) in [5, 5.41) is 8.81. The average Bonchev–Trinajstić information content (AvgIpc) is 2.40. The van der Waals surface area contributed by atoms with Crippen LogP contribution in [0.2, 0.25) is 0 Å². The first-order valence-corrected chi connectivity index (χ1v) is 7.89. The lowest BCUT2D eigenvalue weighted by molar-refractivity contribution is 0.603. The Labute approximate surface area is 123 Å². The molecule has 0 bridgehead atoms. The van der Waals surface area contributed by atoms with E-state index in [0.717, 1.165) is 10.8 Å². The van der Waals surface area contributed by atoms with E-state index in [2.05, 4.69) is 0 Å². The smallest absolute Gasteiger partial charge is 0.295 e. The molecule has 0 atom stereocenters. The van der Waals surface area contributed by atoms with Crippen LogP contribution in [0, 0.1) is 11.3 Å². The molecule has 0 spiro atoms. The van der Waals surface area contributed by atoms with Gasteiger partial charge < -0.3 is 0 Å². The van der Waals surface area contributed by atoms with E-state index in [1.165, 1.54) is 0 Å². The first-order valence-electron chi connectivity index (χ1n) is 5.59. The van der Waals surface area contributed by atoms with E-state index in [1.54, 1.807) is 24.3 Å². The highest BCUT2D eigenvalue weighted by molar-refractivity contribution is 8.13. The average molecular weight is 326 g/mol. The molecule has 1 heterocycles. The van der Waals surface area contributed by atoms with Gasteiger partial charge in [0.15, 0.2) is 4.90 Å². The highest BCUT2D eigenvalue weighted by atomic mass is 35.7. The molecule has 0 saturated carbocycles. The molecule has 0 radical (unpaired) electrons. The molecule has 2 rings (SSSR count). The Kier molecular flexibility index (Phi) is 3.97. The quantitative estimate of drug-likeness (QED) is 0.820. The summed E-state index contributed by atoms with van der Waals surface area (Å²) in [7, 11) is 0.871. The fraction of sp³-hybridized carbons (Fsp3) is 0.0833. The number of H-pyrrole nitrogens is 1. The number of hydrogen-bond donors (Lipinski definition) is 1. The lowest BCUT2D eigenvalue weighted by atomic mass is 10.1. The van der Waals surface area contributed by atoms with E-state index < -0.39 is 25.2 Å². The van der Waals surface area contributed by atoms with Crippen LogP contribution in [0.1, 0.15) is 11.1 Å². The van der Waals surface area contributed by atoms with Crippen molar-refractivity contribution in [3.05, 3.63) is 62.4 Å². The highest BCUT2D eigenvalue weighted by Gasteiger charge is 2.17. The van der Waals surface area contributed by atoms with Gasteiger partial charge in [0.25, 0.3) is 14.6 Å². The molecule has 0 aliphatic rings. The number of nitrogens with zero attached hydrogens (tertiary/aromatic N) is 2. The molecule has 21 heavy (non-hydrogen) atoms. The second-order valence-electron chi connectivity index (χ2n) is 4.13. The number of aromatic nitrogens is 2. The zero-order chi connectivity index (χ0) is 15.6. The number of aromatic amines is 1. The van der Waals surface area contributed by atoms with Gasteiger partial charge in [-0.15, -0.1) is 0 Å². The summed E-state index contributed by atoms with van der Waals surface area (Å²) in [5.74, 6) is 0. The summed E-state index contributed by atoms with van der Waals surface area (Å²) in [5.41, 5.74) is -0.847. The molecule has 0 fully saturated rings. The molecule has 1 N–H and O–H groups in total. The molecular weight excluding hydrogens is 318 g/mol. The Balaban J connectivity index is 2.53. The van der Waals surface area contributed by atoms with Crippen LogP contribution in [0.4, 0.5) is 0 Å². The molecule has 9 heteroatoms. The van der Waals surface area contributed by atoms with Gasteiger partial charge in [-0.1, -0.05) is 12.1 Å². The largest absolute Gasteiger partial charge is 0.328 e. The van der Waals surface area contributed by atoms with E-state index in [1.807, 2.05) is 11.1 Å². The maximum Gasteiger partial charge on any atom is 0.328 e. The fourth-order valence-corrected chi connectivity index (χ4v) is 2.57. The van der Waals surface area contributed by atoms with Gasteiger partial charge in [0, 0.05) is 16.9 Å². The molecule has 0 aliphatic carbocycles. The Hall–Kier alpha value is -2.37. The fourth-order valence-electron chi connectivity index (χ4n) is 1.72. The van der Waals surface area contributed by atoms with Crippen LogP contribution < -0.4 is 11.2 Å². The number of rotatable bonds is 3. The number of halogens is 1. The summed E-state index contributed by atoms with van der Waals surface area (Å²) in [4.78, 5) is 24.3. The molecule has 0 amide bonds. The summed E-state index contributed by atoms with van der Waals surface area (Å²) in [6.07, 6.45) is 0.878. The second-order valence-corrected chi connectivity index (χ2v) is 6.66. The third-order valence-corrected chi connectivity index (χ3v) is 3.96. The molecule has 2 aromatic rings. The maximum absolute atomic E-state index is 11.7. The zero-order valence-corrected chi connectivity index (χ0v) is 12.0. The van der Waals surface area contributed by atoms with E-state index in [0.29, 0.717) is 11.1 Å². The first-order chi connectivity index (χ1) is 9.81. The van der Waals surface area contributed by atoms with Crippen LogP contribution in [0.25, 0.3) is 0 Å². The summed E-state index contributed by atoms with van der Waals surface area (Å²) in [6, 6.07) is 8.38. The van der Waals surface area contributed by atoms with Crippen molar-refractivity contribution in [1.29, 1.82) is 5.26 Å². The molecule has 7 nitrogen and oxygen atoms in total. The Morgan fingerprint density at radius 1 is 1.33 bits per heavy atom. The Morgan fingerprint density at radius 3 is 2.67 bits per heavy atom. The van der Waals surface area contributed by atoms with Crippen molar-refractivity contribution in [2.24, 2.45) is 0 Å². The number of nitriles is 1.